The van der Waals surface area contributed by atoms with Crippen molar-refractivity contribution in [3.05, 3.63) is 0 Å². The third-order valence-corrected chi connectivity index (χ3v) is 4.70. The van der Waals surface area contributed by atoms with E-state index in [1.807, 2.05) is 0 Å². The molecule has 0 aromatic heterocycles. The van der Waals surface area contributed by atoms with E-state index in [-0.39, 0.29) is 24.9 Å². The van der Waals surface area contributed by atoms with Crippen molar-refractivity contribution in [2.45, 2.75) is 31.7 Å². The minimum atomic E-state index is -3.16. The van der Waals surface area contributed by atoms with Crippen molar-refractivity contribution in [1.29, 1.82) is 0 Å². The van der Waals surface area contributed by atoms with Gasteiger partial charge in [-0.2, -0.15) is 4.31 Å². The fourth-order valence-corrected chi connectivity index (χ4v) is 3.66. The van der Waals surface area contributed by atoms with Gasteiger partial charge in [0.1, 0.15) is 0 Å². The van der Waals surface area contributed by atoms with Gasteiger partial charge in [0.05, 0.1) is 5.75 Å². The second kappa shape index (κ2) is 5.79. The molecule has 5 nitrogen and oxygen atoms in total. The predicted molar refractivity (Wildman–Crippen MR) is 58.9 cm³/mol. The largest absolute Gasteiger partial charge is 0.396 e. The van der Waals surface area contributed by atoms with Crippen LogP contribution in [0.4, 0.5) is 0 Å². The van der Waals surface area contributed by atoms with Crippen molar-refractivity contribution in [2.24, 2.45) is 5.73 Å². The zero-order valence-corrected chi connectivity index (χ0v) is 9.75. The highest BCUT2D eigenvalue weighted by Gasteiger charge is 2.32. The van der Waals surface area contributed by atoms with Gasteiger partial charge >= 0.3 is 0 Å². The molecule has 3 N–H and O–H groups in total. The lowest BCUT2D eigenvalue weighted by Gasteiger charge is -2.23. The molecule has 0 spiro atoms. The van der Waals surface area contributed by atoms with Gasteiger partial charge in [-0.05, 0) is 25.7 Å². The Labute approximate surface area is 91.3 Å². The summed E-state index contributed by atoms with van der Waals surface area (Å²) in [4.78, 5) is 0. The van der Waals surface area contributed by atoms with Crippen LogP contribution in [-0.4, -0.2) is 49.3 Å². The Kier molecular flexibility index (Phi) is 4.98. The van der Waals surface area contributed by atoms with Gasteiger partial charge in [-0.3, -0.25) is 0 Å². The number of rotatable bonds is 6. The number of sulfonamides is 1. The van der Waals surface area contributed by atoms with Crippen LogP contribution >= 0.6 is 0 Å². The molecule has 90 valence electrons. The van der Waals surface area contributed by atoms with Crippen LogP contribution in [0, 0.1) is 0 Å². The van der Waals surface area contributed by atoms with Crippen LogP contribution < -0.4 is 5.73 Å². The number of nitrogens with two attached hydrogens (primary N) is 1. The molecule has 1 atom stereocenters. The lowest BCUT2D eigenvalue weighted by atomic mass is 10.1. The highest BCUT2D eigenvalue weighted by Crippen LogP contribution is 2.24. The molecular weight excluding hydrogens is 216 g/mol. The van der Waals surface area contributed by atoms with E-state index in [1.165, 1.54) is 0 Å². The molecule has 0 saturated carbocycles. The maximum atomic E-state index is 11.8. The van der Waals surface area contributed by atoms with Gasteiger partial charge < -0.3 is 10.8 Å². The molecule has 1 unspecified atom stereocenters. The molecule has 1 saturated heterocycles. The number of hydrogen-bond donors (Lipinski definition) is 2. The summed E-state index contributed by atoms with van der Waals surface area (Å²) < 4.78 is 25.1. The average molecular weight is 236 g/mol. The van der Waals surface area contributed by atoms with Crippen molar-refractivity contribution >= 4 is 10.0 Å². The summed E-state index contributed by atoms with van der Waals surface area (Å²) in [5.41, 5.74) is 5.28. The quantitative estimate of drug-likeness (QED) is 0.652. The van der Waals surface area contributed by atoms with Gasteiger partial charge in [-0.1, -0.05) is 0 Å². The molecule has 0 amide bonds. The molecule has 1 heterocycles. The molecular formula is C9H20N2O3S. The second-order valence-electron chi connectivity index (χ2n) is 3.88. The molecule has 0 aliphatic carbocycles. The summed E-state index contributed by atoms with van der Waals surface area (Å²) in [7, 11) is -3.16. The number of hydrogen-bond acceptors (Lipinski definition) is 4. The van der Waals surface area contributed by atoms with E-state index >= 15 is 0 Å². The first-order valence-electron chi connectivity index (χ1n) is 5.42. The van der Waals surface area contributed by atoms with Gasteiger partial charge in [0, 0.05) is 25.7 Å². The maximum Gasteiger partial charge on any atom is 0.215 e. The summed E-state index contributed by atoms with van der Waals surface area (Å²) in [6.07, 6.45) is 3.24. The normalized spacial score (nSPS) is 23.5. The van der Waals surface area contributed by atoms with Crippen LogP contribution in [0.3, 0.4) is 0 Å². The summed E-state index contributed by atoms with van der Waals surface area (Å²) in [5, 5.41) is 8.73. The van der Waals surface area contributed by atoms with Gasteiger partial charge in [-0.25, -0.2) is 8.42 Å². The minimum Gasteiger partial charge on any atom is -0.396 e. The van der Waals surface area contributed by atoms with Crippen LogP contribution in [0.25, 0.3) is 0 Å². The van der Waals surface area contributed by atoms with Crippen LogP contribution in [0.15, 0.2) is 0 Å². The first kappa shape index (κ1) is 12.9. The fraction of sp³-hybridized carbons (Fsp3) is 1.00. The smallest absolute Gasteiger partial charge is 0.215 e. The van der Waals surface area contributed by atoms with Gasteiger partial charge in [0.25, 0.3) is 0 Å². The van der Waals surface area contributed by atoms with Gasteiger partial charge in [-0.15, -0.1) is 0 Å². The molecule has 15 heavy (non-hydrogen) atoms. The van der Waals surface area contributed by atoms with Crippen LogP contribution in [0.2, 0.25) is 0 Å². The lowest BCUT2D eigenvalue weighted by Crippen LogP contribution is -2.38. The third-order valence-electron chi connectivity index (χ3n) is 2.75. The Hall–Kier alpha value is -0.170. The molecule has 1 aliphatic heterocycles. The van der Waals surface area contributed by atoms with E-state index in [4.69, 9.17) is 10.8 Å². The average Bonchev–Trinajstić information content (AvgIpc) is 2.63. The summed E-state index contributed by atoms with van der Waals surface area (Å²) in [5.74, 6) is 0.0304. The molecule has 0 aromatic carbocycles. The highest BCUT2D eigenvalue weighted by atomic mass is 32.2. The Morgan fingerprint density at radius 1 is 1.47 bits per heavy atom. The number of aliphatic hydroxyl groups excluding tert-OH is 1. The Morgan fingerprint density at radius 2 is 2.20 bits per heavy atom. The van der Waals surface area contributed by atoms with E-state index in [0.29, 0.717) is 13.0 Å². The fourth-order valence-electron chi connectivity index (χ4n) is 2.06. The van der Waals surface area contributed by atoms with E-state index < -0.39 is 10.0 Å². The minimum absolute atomic E-state index is 0.0304. The molecule has 0 bridgehead atoms. The lowest BCUT2D eigenvalue weighted by molar-refractivity contribution is 0.264. The van der Waals surface area contributed by atoms with Crippen LogP contribution in [-0.2, 0) is 10.0 Å². The monoisotopic (exact) mass is 236 g/mol. The zero-order valence-electron chi connectivity index (χ0n) is 8.93. The van der Waals surface area contributed by atoms with E-state index in [9.17, 15) is 8.42 Å². The Balaban J connectivity index is 2.59. The van der Waals surface area contributed by atoms with Crippen LogP contribution in [0.5, 0.6) is 0 Å². The molecule has 1 aliphatic rings. The summed E-state index contributed by atoms with van der Waals surface area (Å²) in [6, 6.07) is 0.0775. The first-order valence-corrected chi connectivity index (χ1v) is 7.03. The Bertz CT molecular complexity index is 279. The summed E-state index contributed by atoms with van der Waals surface area (Å²) >= 11 is 0. The number of nitrogens with zero attached hydrogens (tertiary/aromatic N) is 1. The SMILES string of the molecule is NCCS(=O)(=O)N1CCCC1CCCO. The number of aliphatic hydroxyl groups is 1. The molecule has 1 rings (SSSR count). The predicted octanol–water partition coefficient (Wildman–Crippen LogP) is -0.488. The van der Waals surface area contributed by atoms with E-state index in [0.717, 1.165) is 19.3 Å². The molecule has 1 fully saturated rings. The standard InChI is InChI=1S/C9H20N2O3S/c10-5-8-15(13,14)11-6-1-3-9(11)4-2-7-12/h9,12H,1-8,10H2. The van der Waals surface area contributed by atoms with Crippen molar-refractivity contribution in [1.82, 2.24) is 4.31 Å². The van der Waals surface area contributed by atoms with Gasteiger partial charge in [0.15, 0.2) is 0 Å². The second-order valence-corrected chi connectivity index (χ2v) is 5.92. The topological polar surface area (TPSA) is 83.6 Å². The summed E-state index contributed by atoms with van der Waals surface area (Å²) in [6.45, 7) is 0.908. The van der Waals surface area contributed by atoms with Crippen LogP contribution in [0.1, 0.15) is 25.7 Å². The van der Waals surface area contributed by atoms with Crippen molar-refractivity contribution in [2.75, 3.05) is 25.4 Å². The zero-order chi connectivity index (χ0) is 11.3. The van der Waals surface area contributed by atoms with E-state index in [2.05, 4.69) is 0 Å². The van der Waals surface area contributed by atoms with E-state index in [1.54, 1.807) is 4.31 Å². The highest BCUT2D eigenvalue weighted by molar-refractivity contribution is 7.89. The molecule has 6 heteroatoms. The maximum absolute atomic E-state index is 11.8. The van der Waals surface area contributed by atoms with Gasteiger partial charge in [0.2, 0.25) is 10.0 Å². The van der Waals surface area contributed by atoms with Crippen molar-refractivity contribution in [3.8, 4) is 0 Å². The van der Waals surface area contributed by atoms with Crippen molar-refractivity contribution < 1.29 is 13.5 Å². The van der Waals surface area contributed by atoms with Crippen molar-refractivity contribution in [3.63, 3.8) is 0 Å². The first-order chi connectivity index (χ1) is 7.11. The Morgan fingerprint density at radius 3 is 2.80 bits per heavy atom. The molecule has 0 radical (unpaired) electrons. The molecule has 0 aromatic rings. The third kappa shape index (κ3) is 3.41.